The SMILES string of the molecule is CC(C[N+](C)(Cc1ccccc1)Cc1ccc([N+](=O)[O-])cc1)OC(=O)Cl.CC(C[N+](C)(Cc1ccccc1)Cc1ccc([N+](=O)[O-])cc1)OC(=O)OCOC(=O)CCC[N+]1(Cc2ccc([N+](=O)[O-])cc2)CCCCC1.O=C([O-])CCC[N+]1(Cc2ccc([N+](=O)[O-])cc2)CCCCC1.[Na+]. The van der Waals surface area contributed by atoms with Crippen molar-refractivity contribution in [3.63, 3.8) is 0 Å². The first-order valence-electron chi connectivity index (χ1n) is 32.7. The van der Waals surface area contributed by atoms with E-state index in [2.05, 4.69) is 7.05 Å². The van der Waals surface area contributed by atoms with Crippen molar-refractivity contribution in [3.8, 4) is 0 Å². The maximum Gasteiger partial charge on any atom is 1.00 e. The number of likely N-dealkylation sites (N-methyl/N-ethyl adjacent to an activating group) is 2. The molecular weight excluding hydrogens is 1300 g/mol. The minimum Gasteiger partial charge on any atom is -0.550 e. The molecule has 2 fully saturated rings. The van der Waals surface area contributed by atoms with Gasteiger partial charge in [0.2, 0.25) is 6.79 Å². The van der Waals surface area contributed by atoms with E-state index in [-0.39, 0.29) is 71.3 Å². The Morgan fingerprint density at radius 3 is 1.10 bits per heavy atom. The third-order valence-electron chi connectivity index (χ3n) is 17.5. The molecule has 2 aliphatic rings. The number of hydrogen-bond donors (Lipinski definition) is 0. The quantitative estimate of drug-likeness (QED) is 0.00554. The molecule has 98 heavy (non-hydrogen) atoms. The van der Waals surface area contributed by atoms with Crippen molar-refractivity contribution in [2.45, 2.75) is 130 Å². The van der Waals surface area contributed by atoms with Crippen LogP contribution in [0.25, 0.3) is 0 Å². The van der Waals surface area contributed by atoms with Gasteiger partial charge < -0.3 is 46.8 Å². The van der Waals surface area contributed by atoms with E-state index >= 15 is 0 Å². The van der Waals surface area contributed by atoms with E-state index in [1.807, 2.05) is 79.8 Å². The van der Waals surface area contributed by atoms with Crippen molar-refractivity contribution in [1.82, 2.24) is 0 Å². The normalized spacial score (nSPS) is 15.5. The maximum atomic E-state index is 12.5. The molecule has 0 spiro atoms. The number of nitrogens with zero attached hydrogens (tertiary/aromatic N) is 8. The smallest absolute Gasteiger partial charge is 0.550 e. The van der Waals surface area contributed by atoms with Crippen LogP contribution < -0.4 is 34.7 Å². The number of hydrogen-bond acceptors (Lipinski definition) is 17. The molecule has 4 unspecified atom stereocenters. The van der Waals surface area contributed by atoms with Crippen LogP contribution in [-0.4, -0.2) is 147 Å². The number of carbonyl (C=O) groups excluding carboxylic acids is 4. The summed E-state index contributed by atoms with van der Waals surface area (Å²) in [5.74, 6) is -1.47. The van der Waals surface area contributed by atoms with Gasteiger partial charge >= 0.3 is 47.1 Å². The molecule has 8 rings (SSSR count). The van der Waals surface area contributed by atoms with Crippen molar-refractivity contribution < 1.29 is 110 Å². The predicted molar refractivity (Wildman–Crippen MR) is 360 cm³/mol. The molecule has 0 aliphatic carbocycles. The second-order valence-electron chi connectivity index (χ2n) is 26.1. The van der Waals surface area contributed by atoms with Crippen LogP contribution in [0.15, 0.2) is 158 Å². The van der Waals surface area contributed by atoms with Gasteiger partial charge in [-0.1, -0.05) is 60.7 Å². The van der Waals surface area contributed by atoms with Crippen LogP contribution >= 0.6 is 11.6 Å². The number of likely N-dealkylation sites (tertiary alicyclic amines) is 2. The number of carbonyl (C=O) groups is 4. The van der Waals surface area contributed by atoms with Gasteiger partial charge in [0.15, 0.2) is 6.10 Å². The summed E-state index contributed by atoms with van der Waals surface area (Å²) in [5.41, 5.74) is 5.66. The van der Waals surface area contributed by atoms with Gasteiger partial charge in [-0.25, -0.2) is 9.59 Å². The fraction of sp³-hybridized carbons (Fsp3) is 0.437. The van der Waals surface area contributed by atoms with Crippen LogP contribution in [0.3, 0.4) is 0 Å². The second kappa shape index (κ2) is 40.0. The zero-order chi connectivity index (χ0) is 70.4. The average Bonchev–Trinajstić information content (AvgIpc) is 0.854. The number of esters is 1. The van der Waals surface area contributed by atoms with Gasteiger partial charge in [-0.05, 0) is 107 Å². The summed E-state index contributed by atoms with van der Waals surface area (Å²) in [6.07, 6.45) is 6.52. The van der Waals surface area contributed by atoms with E-state index < -0.39 is 56.1 Å². The molecule has 0 N–H and O–H groups in total. The van der Waals surface area contributed by atoms with Gasteiger partial charge in [0.1, 0.15) is 58.5 Å². The van der Waals surface area contributed by atoms with Crippen LogP contribution in [0, 0.1) is 40.5 Å². The van der Waals surface area contributed by atoms with Crippen molar-refractivity contribution >= 4 is 57.9 Å². The Kier molecular flexibility index (Phi) is 32.8. The molecule has 0 saturated carbocycles. The van der Waals surface area contributed by atoms with E-state index in [9.17, 15) is 64.7 Å². The Labute approximate surface area is 599 Å². The Morgan fingerprint density at radius 1 is 0.459 bits per heavy atom. The van der Waals surface area contributed by atoms with Crippen LogP contribution in [0.1, 0.15) is 111 Å². The summed E-state index contributed by atoms with van der Waals surface area (Å²) in [4.78, 5) is 88.6. The molecule has 2 saturated heterocycles. The zero-order valence-electron chi connectivity index (χ0n) is 56.7. The fourth-order valence-electron chi connectivity index (χ4n) is 13.3. The molecule has 0 amide bonds. The molecule has 2 heterocycles. The molecule has 27 heteroatoms. The number of carboxylic acid groups (broad SMARTS) is 1. The largest absolute Gasteiger partial charge is 1.00 e. The van der Waals surface area contributed by atoms with Crippen LogP contribution in [0.5, 0.6) is 0 Å². The number of rotatable bonds is 32. The van der Waals surface area contributed by atoms with Crippen LogP contribution in [0.2, 0.25) is 0 Å². The minimum absolute atomic E-state index is 0. The second-order valence-corrected chi connectivity index (χ2v) is 26.4. The number of carboxylic acids is 1. The third kappa shape index (κ3) is 28.7. The standard InChI is InChI=1S/C36H46N4O9.C19H22ClN2O4.C16H22N2O4.Na/c1-29(24-39(2,25-30-10-5-3-6-11-30)26-31-13-17-33(18-14-31)37(43)44)49-36(42)48-28-47-35(41)12-9-23-40(21-7-4-8-22-40)27-32-15-19-34(20-16-32)38(45)46;1-15(26-19(20)23)12-22(2,13-16-6-4-3-5-7-16)14-17-8-10-18(11-9-17)21(24)25;19-16(20)5-4-12-18(10-2-1-3-11-18)13-14-6-8-15(9-7-14)17(21)22;/h3,5-6,10-11,13-20,29H,4,7-9,12,21-28H2,1-2H3;3-11,15H,12-14H2,1-2H3;6-9H,1-5,10-13H2;/q+2;+1;;+1. The van der Waals surface area contributed by atoms with Crippen molar-refractivity contribution in [2.75, 3.05) is 73.2 Å². The molecule has 0 aromatic heterocycles. The average molecular weight is 1390 g/mol. The van der Waals surface area contributed by atoms with Gasteiger partial charge in [-0.15, -0.1) is 0 Å². The Hall–Kier alpha value is -8.27. The number of benzene rings is 6. The number of piperidine rings is 2. The van der Waals surface area contributed by atoms with Crippen molar-refractivity contribution in [3.05, 3.63) is 232 Å². The monoisotopic (exact) mass is 1380 g/mol. The summed E-state index contributed by atoms with van der Waals surface area (Å²) < 4.78 is 23.6. The first-order chi connectivity index (χ1) is 46.2. The number of aliphatic carboxylic acids is 1. The first-order valence-corrected chi connectivity index (χ1v) is 33.0. The first kappa shape index (κ1) is 80.4. The van der Waals surface area contributed by atoms with E-state index in [0.717, 1.165) is 127 Å². The third-order valence-corrected chi connectivity index (χ3v) is 17.6. The molecule has 0 radical (unpaired) electrons. The van der Waals surface area contributed by atoms with E-state index in [1.54, 1.807) is 50.2 Å². The van der Waals surface area contributed by atoms with Gasteiger partial charge in [-0.2, -0.15) is 0 Å². The summed E-state index contributed by atoms with van der Waals surface area (Å²) in [6, 6.07) is 46.3. The minimum atomic E-state index is -0.995. The van der Waals surface area contributed by atoms with Gasteiger partial charge in [0.25, 0.3) is 22.7 Å². The number of quaternary nitrogens is 4. The molecule has 2 aliphatic heterocycles. The fourth-order valence-corrected chi connectivity index (χ4v) is 13.4. The van der Waals surface area contributed by atoms with Crippen molar-refractivity contribution in [1.29, 1.82) is 0 Å². The number of non-ortho nitro benzene ring substituents is 4. The van der Waals surface area contributed by atoms with E-state index in [1.165, 1.54) is 61.4 Å². The van der Waals surface area contributed by atoms with Crippen molar-refractivity contribution in [2.24, 2.45) is 0 Å². The van der Waals surface area contributed by atoms with Crippen LogP contribution in [0.4, 0.5) is 32.3 Å². The number of halogens is 1. The van der Waals surface area contributed by atoms with Gasteiger partial charge in [0.05, 0.1) is 79.5 Å². The summed E-state index contributed by atoms with van der Waals surface area (Å²) in [5, 5.41) is 54.3. The zero-order valence-corrected chi connectivity index (χ0v) is 59.5. The topological polar surface area (TPSA) is 301 Å². The number of nitro benzene ring substituents is 4. The molecular formula is C71H90ClN8NaO17+4. The van der Waals surface area contributed by atoms with Gasteiger partial charge in [0, 0.05) is 112 Å². The number of nitro groups is 4. The molecule has 6 aromatic carbocycles. The molecule has 6 aromatic rings. The Balaban J connectivity index is 0.000000296. The summed E-state index contributed by atoms with van der Waals surface area (Å²) in [6.45, 7) is 13.8. The van der Waals surface area contributed by atoms with Gasteiger partial charge in [-0.3, -0.25) is 45.3 Å². The molecule has 520 valence electrons. The Bertz CT molecular complexity index is 3520. The van der Waals surface area contributed by atoms with Crippen LogP contribution in [-0.2, 0) is 67.8 Å². The number of ether oxygens (including phenoxy) is 4. The predicted octanol–water partition coefficient (Wildman–Crippen LogP) is 9.81. The van der Waals surface area contributed by atoms with E-state index in [4.69, 9.17) is 30.5 Å². The molecule has 4 atom stereocenters. The molecule has 0 bridgehead atoms. The Morgan fingerprint density at radius 2 is 0.776 bits per heavy atom. The maximum absolute atomic E-state index is 12.5. The summed E-state index contributed by atoms with van der Waals surface area (Å²) >= 11 is 5.34. The summed E-state index contributed by atoms with van der Waals surface area (Å²) in [7, 11) is 4.09. The van der Waals surface area contributed by atoms with E-state index in [0.29, 0.717) is 54.5 Å². The molecule has 25 nitrogen and oxygen atoms in total.